The topological polar surface area (TPSA) is 32.7 Å². The zero-order valence-electron chi connectivity index (χ0n) is 10.6. The third-order valence-corrected chi connectivity index (χ3v) is 4.12. The lowest BCUT2D eigenvalue weighted by atomic mass is 9.83. The molecule has 2 aliphatic carbocycles. The number of ether oxygens (including phenoxy) is 1. The number of hydrogen-bond acceptors (Lipinski definition) is 3. The van der Waals surface area contributed by atoms with E-state index in [1.807, 2.05) is 0 Å². The highest BCUT2D eigenvalue weighted by Gasteiger charge is 2.38. The van der Waals surface area contributed by atoms with Crippen LogP contribution in [0.2, 0.25) is 0 Å². The summed E-state index contributed by atoms with van der Waals surface area (Å²) >= 11 is 0. The highest BCUT2D eigenvalue weighted by atomic mass is 16.5. The lowest BCUT2D eigenvalue weighted by Crippen LogP contribution is -2.47. The molecule has 0 aliphatic heterocycles. The first-order valence-electron chi connectivity index (χ1n) is 6.65. The molecule has 3 heteroatoms. The molecule has 3 unspecified atom stereocenters. The summed E-state index contributed by atoms with van der Waals surface area (Å²) in [7, 11) is 1.77. The van der Waals surface area contributed by atoms with Crippen molar-refractivity contribution in [3.8, 4) is 0 Å². The summed E-state index contributed by atoms with van der Waals surface area (Å²) in [6.45, 7) is 4.18. The van der Waals surface area contributed by atoms with E-state index in [9.17, 15) is 5.11 Å². The van der Waals surface area contributed by atoms with Crippen molar-refractivity contribution in [1.29, 1.82) is 0 Å². The van der Waals surface area contributed by atoms with Gasteiger partial charge in [-0.2, -0.15) is 0 Å². The molecular weight excluding hydrogens is 202 g/mol. The molecule has 3 nitrogen and oxygen atoms in total. The summed E-state index contributed by atoms with van der Waals surface area (Å²) in [6.07, 6.45) is 5.71. The molecule has 1 N–H and O–H groups in total. The molecule has 0 aromatic carbocycles. The van der Waals surface area contributed by atoms with Crippen molar-refractivity contribution >= 4 is 0 Å². The van der Waals surface area contributed by atoms with Gasteiger partial charge in [0, 0.05) is 25.7 Å². The summed E-state index contributed by atoms with van der Waals surface area (Å²) in [4.78, 5) is 2.59. The predicted octanol–water partition coefficient (Wildman–Crippen LogP) is 1.65. The zero-order chi connectivity index (χ0) is 11.5. The fourth-order valence-electron chi connectivity index (χ4n) is 2.96. The largest absolute Gasteiger partial charge is 0.393 e. The molecule has 2 saturated carbocycles. The normalized spacial score (nSPS) is 35.6. The van der Waals surface area contributed by atoms with Crippen LogP contribution in [0.3, 0.4) is 0 Å². The molecule has 0 aromatic rings. The number of hydrogen-bond donors (Lipinski definition) is 1. The minimum atomic E-state index is -0.0787. The third-order valence-electron chi connectivity index (χ3n) is 4.12. The maximum atomic E-state index is 9.82. The van der Waals surface area contributed by atoms with E-state index in [0.29, 0.717) is 6.04 Å². The number of aliphatic hydroxyl groups excluding tert-OH is 1. The first kappa shape index (κ1) is 12.3. The molecule has 0 amide bonds. The summed E-state index contributed by atoms with van der Waals surface area (Å²) in [6, 6.07) is 1.35. The van der Waals surface area contributed by atoms with Crippen molar-refractivity contribution in [3.05, 3.63) is 0 Å². The van der Waals surface area contributed by atoms with Crippen molar-refractivity contribution in [1.82, 2.24) is 4.90 Å². The highest BCUT2D eigenvalue weighted by molar-refractivity contribution is 4.93. The Kier molecular flexibility index (Phi) is 4.22. The molecule has 0 spiro atoms. The number of methoxy groups -OCH3 is 1. The molecule has 2 fully saturated rings. The van der Waals surface area contributed by atoms with Gasteiger partial charge in [-0.15, -0.1) is 0 Å². The molecule has 0 bridgehead atoms. The Morgan fingerprint density at radius 2 is 2.00 bits per heavy atom. The predicted molar refractivity (Wildman–Crippen MR) is 64.4 cm³/mol. The Labute approximate surface area is 98.8 Å². The van der Waals surface area contributed by atoms with E-state index in [1.165, 1.54) is 19.3 Å². The minimum absolute atomic E-state index is 0.0787. The maximum absolute atomic E-state index is 9.82. The van der Waals surface area contributed by atoms with Crippen LogP contribution >= 0.6 is 0 Å². The van der Waals surface area contributed by atoms with E-state index >= 15 is 0 Å². The molecule has 0 heterocycles. The van der Waals surface area contributed by atoms with Gasteiger partial charge < -0.3 is 9.84 Å². The standard InChI is InChI=1S/C13H25NO2/c1-10-3-6-12(15)9-13(10)14(7-8-16-2)11-4-5-11/h10-13,15H,3-9H2,1-2H3. The lowest BCUT2D eigenvalue weighted by molar-refractivity contribution is 0.0169. The van der Waals surface area contributed by atoms with Crippen molar-refractivity contribution in [3.63, 3.8) is 0 Å². The van der Waals surface area contributed by atoms with Crippen LogP contribution in [0.25, 0.3) is 0 Å². The number of aliphatic hydroxyl groups is 1. The van der Waals surface area contributed by atoms with Crippen molar-refractivity contribution in [2.75, 3.05) is 20.3 Å². The fraction of sp³-hybridized carbons (Fsp3) is 1.00. The number of rotatable bonds is 5. The highest BCUT2D eigenvalue weighted by Crippen LogP contribution is 2.35. The van der Waals surface area contributed by atoms with Gasteiger partial charge in [0.15, 0.2) is 0 Å². The summed E-state index contributed by atoms with van der Waals surface area (Å²) in [5, 5.41) is 9.82. The first-order chi connectivity index (χ1) is 7.72. The van der Waals surface area contributed by atoms with Gasteiger partial charge in [0.05, 0.1) is 12.7 Å². The van der Waals surface area contributed by atoms with Crippen molar-refractivity contribution in [2.45, 2.75) is 57.2 Å². The van der Waals surface area contributed by atoms with Gasteiger partial charge in [-0.3, -0.25) is 4.90 Å². The Morgan fingerprint density at radius 3 is 2.62 bits per heavy atom. The van der Waals surface area contributed by atoms with Crippen LogP contribution in [0, 0.1) is 5.92 Å². The summed E-state index contributed by atoms with van der Waals surface area (Å²) in [5.74, 6) is 0.723. The lowest BCUT2D eigenvalue weighted by Gasteiger charge is -2.40. The van der Waals surface area contributed by atoms with Gasteiger partial charge in [0.1, 0.15) is 0 Å². The van der Waals surface area contributed by atoms with Crippen molar-refractivity contribution in [2.24, 2.45) is 5.92 Å². The fourth-order valence-corrected chi connectivity index (χ4v) is 2.96. The number of nitrogens with zero attached hydrogens (tertiary/aromatic N) is 1. The Morgan fingerprint density at radius 1 is 1.25 bits per heavy atom. The molecule has 2 rings (SSSR count). The second-order valence-electron chi connectivity index (χ2n) is 5.47. The maximum Gasteiger partial charge on any atom is 0.0589 e. The summed E-state index contributed by atoms with van der Waals surface area (Å²) < 4.78 is 5.20. The van der Waals surface area contributed by atoms with Gasteiger partial charge in [-0.1, -0.05) is 6.92 Å². The molecule has 0 radical (unpaired) electrons. The van der Waals surface area contributed by atoms with E-state index in [0.717, 1.165) is 38.0 Å². The summed E-state index contributed by atoms with van der Waals surface area (Å²) in [5.41, 5.74) is 0. The van der Waals surface area contributed by atoms with Crippen LogP contribution in [0.1, 0.15) is 39.0 Å². The van der Waals surface area contributed by atoms with E-state index in [-0.39, 0.29) is 6.10 Å². The monoisotopic (exact) mass is 227 g/mol. The van der Waals surface area contributed by atoms with Crippen LogP contribution in [0.4, 0.5) is 0 Å². The van der Waals surface area contributed by atoms with Crippen LogP contribution in [0.5, 0.6) is 0 Å². The second kappa shape index (κ2) is 5.48. The van der Waals surface area contributed by atoms with Crippen LogP contribution in [0.15, 0.2) is 0 Å². The van der Waals surface area contributed by atoms with E-state index in [2.05, 4.69) is 11.8 Å². The Hall–Kier alpha value is -0.120. The van der Waals surface area contributed by atoms with E-state index in [4.69, 9.17) is 4.74 Å². The average Bonchev–Trinajstić information content (AvgIpc) is 3.08. The molecular formula is C13H25NO2. The van der Waals surface area contributed by atoms with Gasteiger partial charge in [0.25, 0.3) is 0 Å². The SMILES string of the molecule is COCCN(C1CC1)C1CC(O)CCC1C. The zero-order valence-corrected chi connectivity index (χ0v) is 10.6. The average molecular weight is 227 g/mol. The Balaban J connectivity index is 1.93. The van der Waals surface area contributed by atoms with Gasteiger partial charge in [0.2, 0.25) is 0 Å². The Bertz CT molecular complexity index is 218. The van der Waals surface area contributed by atoms with Crippen LogP contribution in [-0.4, -0.2) is 48.5 Å². The van der Waals surface area contributed by atoms with E-state index in [1.54, 1.807) is 7.11 Å². The van der Waals surface area contributed by atoms with Crippen LogP contribution < -0.4 is 0 Å². The van der Waals surface area contributed by atoms with Gasteiger partial charge in [-0.25, -0.2) is 0 Å². The molecule has 0 saturated heterocycles. The van der Waals surface area contributed by atoms with E-state index < -0.39 is 0 Å². The molecule has 3 atom stereocenters. The van der Waals surface area contributed by atoms with Crippen LogP contribution in [-0.2, 0) is 4.74 Å². The van der Waals surface area contributed by atoms with Gasteiger partial charge >= 0.3 is 0 Å². The minimum Gasteiger partial charge on any atom is -0.393 e. The molecule has 16 heavy (non-hydrogen) atoms. The quantitative estimate of drug-likeness (QED) is 0.775. The smallest absolute Gasteiger partial charge is 0.0589 e. The molecule has 0 aromatic heterocycles. The second-order valence-corrected chi connectivity index (χ2v) is 5.47. The van der Waals surface area contributed by atoms with Gasteiger partial charge in [-0.05, 0) is 38.0 Å². The molecule has 2 aliphatic rings. The van der Waals surface area contributed by atoms with Crippen molar-refractivity contribution < 1.29 is 9.84 Å². The molecule has 94 valence electrons. The third kappa shape index (κ3) is 2.96. The first-order valence-corrected chi connectivity index (χ1v) is 6.65.